The number of aryl methyl sites for hydroxylation is 2. The molecule has 1 aliphatic rings. The molecule has 2 N–H and O–H groups in total. The number of nitrogens with one attached hydrogen (secondary N) is 2. The molecule has 1 fully saturated rings. The minimum atomic E-state index is 0.127. The van der Waals surface area contributed by atoms with E-state index in [2.05, 4.69) is 34.6 Å². The first-order chi connectivity index (χ1) is 10.2. The van der Waals surface area contributed by atoms with Crippen LogP contribution >= 0.6 is 0 Å². The van der Waals surface area contributed by atoms with E-state index in [0.29, 0.717) is 30.8 Å². The van der Waals surface area contributed by atoms with Gasteiger partial charge in [-0.15, -0.1) is 0 Å². The van der Waals surface area contributed by atoms with E-state index < -0.39 is 0 Å². The van der Waals surface area contributed by atoms with Gasteiger partial charge < -0.3 is 15.2 Å². The topological polar surface area (TPSA) is 80.0 Å². The predicted molar refractivity (Wildman–Crippen MR) is 79.9 cm³/mol. The molecule has 0 aromatic carbocycles. The average Bonchev–Trinajstić information content (AvgIpc) is 2.87. The van der Waals surface area contributed by atoms with Gasteiger partial charge in [0.25, 0.3) is 0 Å². The second-order valence-electron chi connectivity index (χ2n) is 5.85. The Hall–Kier alpha value is -1.43. The summed E-state index contributed by atoms with van der Waals surface area (Å²) in [4.78, 5) is 16.2. The summed E-state index contributed by atoms with van der Waals surface area (Å²) in [6.45, 7) is 5.22. The van der Waals surface area contributed by atoms with Crippen LogP contribution in [0, 0.1) is 0 Å². The second kappa shape index (κ2) is 8.12. The Morgan fingerprint density at radius 3 is 3.10 bits per heavy atom. The van der Waals surface area contributed by atoms with Crippen molar-refractivity contribution in [2.24, 2.45) is 0 Å². The molecular formula is C15H26N4O2. The first kappa shape index (κ1) is 15.9. The number of rotatable bonds is 7. The molecule has 2 rings (SSSR count). The van der Waals surface area contributed by atoms with Crippen LogP contribution in [-0.4, -0.2) is 34.7 Å². The zero-order chi connectivity index (χ0) is 15.1. The Labute approximate surface area is 126 Å². The van der Waals surface area contributed by atoms with Crippen molar-refractivity contribution in [2.75, 3.05) is 6.54 Å². The number of hydrogen-bond donors (Lipinski definition) is 2. The van der Waals surface area contributed by atoms with Gasteiger partial charge >= 0.3 is 0 Å². The normalized spacial score (nSPS) is 22.2. The van der Waals surface area contributed by atoms with E-state index in [9.17, 15) is 4.79 Å². The third-order valence-electron chi connectivity index (χ3n) is 3.77. The van der Waals surface area contributed by atoms with Gasteiger partial charge in [0, 0.05) is 31.3 Å². The van der Waals surface area contributed by atoms with Crippen molar-refractivity contribution in [2.45, 2.75) is 70.9 Å². The lowest BCUT2D eigenvalue weighted by Gasteiger charge is -2.28. The molecule has 6 nitrogen and oxygen atoms in total. The number of nitrogens with zero attached hydrogens (tertiary/aromatic N) is 2. The molecule has 0 radical (unpaired) electrons. The molecule has 21 heavy (non-hydrogen) atoms. The molecule has 0 saturated carbocycles. The molecule has 1 aliphatic heterocycles. The number of amides is 1. The van der Waals surface area contributed by atoms with Crippen LogP contribution in [0.4, 0.5) is 0 Å². The monoisotopic (exact) mass is 294 g/mol. The maximum absolute atomic E-state index is 11.9. The zero-order valence-corrected chi connectivity index (χ0v) is 13.0. The number of carbonyl (C=O) groups excluding carboxylic acids is 1. The SMILES string of the molecule is CCCc1noc(CCCC(=O)NC2CCNC(C)C2)n1. The lowest BCUT2D eigenvalue weighted by atomic mass is 10.0. The summed E-state index contributed by atoms with van der Waals surface area (Å²) in [6.07, 6.45) is 5.82. The van der Waals surface area contributed by atoms with Crippen LogP contribution in [0.15, 0.2) is 4.52 Å². The summed E-state index contributed by atoms with van der Waals surface area (Å²) in [5, 5.41) is 10.4. The molecule has 1 saturated heterocycles. The highest BCUT2D eigenvalue weighted by molar-refractivity contribution is 5.76. The third-order valence-corrected chi connectivity index (χ3v) is 3.77. The highest BCUT2D eigenvalue weighted by Crippen LogP contribution is 2.09. The fourth-order valence-corrected chi connectivity index (χ4v) is 2.68. The van der Waals surface area contributed by atoms with Crippen molar-refractivity contribution in [1.82, 2.24) is 20.8 Å². The highest BCUT2D eigenvalue weighted by atomic mass is 16.5. The van der Waals surface area contributed by atoms with Crippen LogP contribution < -0.4 is 10.6 Å². The summed E-state index contributed by atoms with van der Waals surface area (Å²) < 4.78 is 5.16. The molecule has 0 aliphatic carbocycles. The molecule has 0 bridgehead atoms. The number of hydrogen-bond acceptors (Lipinski definition) is 5. The molecule has 1 aromatic heterocycles. The van der Waals surface area contributed by atoms with E-state index in [1.165, 1.54) is 0 Å². The van der Waals surface area contributed by atoms with E-state index in [1.807, 2.05) is 0 Å². The second-order valence-corrected chi connectivity index (χ2v) is 5.85. The standard InChI is InChI=1S/C15H26N4O2/c1-3-5-13-18-15(21-19-13)7-4-6-14(20)17-12-8-9-16-11(2)10-12/h11-12,16H,3-10H2,1-2H3,(H,17,20). The summed E-state index contributed by atoms with van der Waals surface area (Å²) in [5.41, 5.74) is 0. The van der Waals surface area contributed by atoms with Gasteiger partial charge in [0.15, 0.2) is 5.82 Å². The molecule has 1 amide bonds. The first-order valence-corrected chi connectivity index (χ1v) is 8.01. The Balaban J connectivity index is 1.64. The van der Waals surface area contributed by atoms with Gasteiger partial charge in [-0.1, -0.05) is 12.1 Å². The van der Waals surface area contributed by atoms with Gasteiger partial charge in [-0.3, -0.25) is 4.79 Å². The Morgan fingerprint density at radius 2 is 2.33 bits per heavy atom. The zero-order valence-electron chi connectivity index (χ0n) is 13.0. The van der Waals surface area contributed by atoms with Gasteiger partial charge in [-0.25, -0.2) is 0 Å². The molecule has 1 aromatic rings. The molecule has 2 atom stereocenters. The van der Waals surface area contributed by atoms with E-state index in [4.69, 9.17) is 4.52 Å². The van der Waals surface area contributed by atoms with Crippen LogP contribution in [0.1, 0.15) is 57.7 Å². The Kier molecular flexibility index (Phi) is 6.17. The molecule has 118 valence electrons. The molecule has 0 spiro atoms. The van der Waals surface area contributed by atoms with Crippen molar-refractivity contribution in [1.29, 1.82) is 0 Å². The quantitative estimate of drug-likeness (QED) is 0.798. The lowest BCUT2D eigenvalue weighted by molar-refractivity contribution is -0.122. The van der Waals surface area contributed by atoms with Crippen molar-refractivity contribution in [3.63, 3.8) is 0 Å². The smallest absolute Gasteiger partial charge is 0.226 e. The van der Waals surface area contributed by atoms with Crippen LogP contribution in [0.5, 0.6) is 0 Å². The van der Waals surface area contributed by atoms with Gasteiger partial charge in [0.05, 0.1) is 0 Å². The number of aromatic nitrogens is 2. The van der Waals surface area contributed by atoms with Crippen LogP contribution in [0.2, 0.25) is 0 Å². The summed E-state index contributed by atoms with van der Waals surface area (Å²) >= 11 is 0. The van der Waals surface area contributed by atoms with Crippen molar-refractivity contribution in [3.8, 4) is 0 Å². The van der Waals surface area contributed by atoms with Crippen molar-refractivity contribution < 1.29 is 9.32 Å². The van der Waals surface area contributed by atoms with E-state index >= 15 is 0 Å². The van der Waals surface area contributed by atoms with E-state index in [0.717, 1.165) is 44.5 Å². The van der Waals surface area contributed by atoms with Crippen LogP contribution in [-0.2, 0) is 17.6 Å². The lowest BCUT2D eigenvalue weighted by Crippen LogP contribution is -2.46. The molecule has 2 unspecified atom stereocenters. The fourth-order valence-electron chi connectivity index (χ4n) is 2.68. The van der Waals surface area contributed by atoms with Crippen molar-refractivity contribution in [3.05, 3.63) is 11.7 Å². The summed E-state index contributed by atoms with van der Waals surface area (Å²) in [5.74, 6) is 1.53. The van der Waals surface area contributed by atoms with Crippen LogP contribution in [0.3, 0.4) is 0 Å². The Morgan fingerprint density at radius 1 is 1.48 bits per heavy atom. The number of carbonyl (C=O) groups is 1. The van der Waals surface area contributed by atoms with Gasteiger partial charge in [-0.2, -0.15) is 4.98 Å². The van der Waals surface area contributed by atoms with Crippen molar-refractivity contribution >= 4 is 5.91 Å². The van der Waals surface area contributed by atoms with E-state index in [-0.39, 0.29) is 5.91 Å². The highest BCUT2D eigenvalue weighted by Gasteiger charge is 2.19. The average molecular weight is 294 g/mol. The largest absolute Gasteiger partial charge is 0.353 e. The first-order valence-electron chi connectivity index (χ1n) is 8.01. The Bertz CT molecular complexity index is 447. The predicted octanol–water partition coefficient (Wildman–Crippen LogP) is 1.60. The van der Waals surface area contributed by atoms with Gasteiger partial charge in [0.2, 0.25) is 11.8 Å². The maximum atomic E-state index is 11.9. The van der Waals surface area contributed by atoms with E-state index in [1.54, 1.807) is 0 Å². The van der Waals surface area contributed by atoms with Gasteiger partial charge in [0.1, 0.15) is 0 Å². The molecule has 6 heteroatoms. The molecular weight excluding hydrogens is 268 g/mol. The number of piperidine rings is 1. The van der Waals surface area contributed by atoms with Crippen LogP contribution in [0.25, 0.3) is 0 Å². The fraction of sp³-hybridized carbons (Fsp3) is 0.800. The minimum Gasteiger partial charge on any atom is -0.353 e. The minimum absolute atomic E-state index is 0.127. The maximum Gasteiger partial charge on any atom is 0.226 e. The summed E-state index contributed by atoms with van der Waals surface area (Å²) in [6, 6.07) is 0.799. The summed E-state index contributed by atoms with van der Waals surface area (Å²) in [7, 11) is 0. The third kappa shape index (κ3) is 5.46. The van der Waals surface area contributed by atoms with Gasteiger partial charge in [-0.05, 0) is 39.2 Å². The molecule has 2 heterocycles.